The quantitative estimate of drug-likeness (QED) is 0.800. The molecule has 0 amide bonds. The summed E-state index contributed by atoms with van der Waals surface area (Å²) in [5.41, 5.74) is 0.668. The van der Waals surface area contributed by atoms with E-state index in [0.29, 0.717) is 16.3 Å². The van der Waals surface area contributed by atoms with Crippen molar-refractivity contribution < 1.29 is 4.74 Å². The molecule has 0 N–H and O–H groups in total. The second-order valence-corrected chi connectivity index (χ2v) is 4.29. The summed E-state index contributed by atoms with van der Waals surface area (Å²) in [5.74, 6) is 0.575. The van der Waals surface area contributed by atoms with Crippen LogP contribution in [0.15, 0.2) is 30.5 Å². The zero-order chi connectivity index (χ0) is 12.3. The average molecular weight is 267 g/mol. The number of benzene rings is 1. The van der Waals surface area contributed by atoms with Crippen molar-refractivity contribution in [1.29, 1.82) is 5.26 Å². The average Bonchev–Trinajstić information content (AvgIpc) is 2.38. The van der Waals surface area contributed by atoms with E-state index in [2.05, 4.69) is 4.98 Å². The molecule has 1 unspecified atom stereocenters. The number of fused-ring (bicyclic) bond motifs is 1. The molecule has 0 bridgehead atoms. The Kier molecular flexibility index (Phi) is 3.68. The molecule has 0 aliphatic carbocycles. The first-order valence-electron chi connectivity index (χ1n) is 4.92. The van der Waals surface area contributed by atoms with E-state index in [4.69, 9.17) is 33.2 Å². The molecule has 2 rings (SSSR count). The van der Waals surface area contributed by atoms with Crippen LogP contribution in [-0.2, 0) is 0 Å². The van der Waals surface area contributed by atoms with Crippen molar-refractivity contribution in [2.24, 2.45) is 0 Å². The van der Waals surface area contributed by atoms with E-state index in [9.17, 15) is 0 Å². The number of aromatic nitrogens is 1. The molecule has 0 aliphatic rings. The molecule has 0 saturated carbocycles. The zero-order valence-electron chi connectivity index (χ0n) is 8.73. The Hall–Kier alpha value is -1.50. The second kappa shape index (κ2) is 5.22. The van der Waals surface area contributed by atoms with Crippen LogP contribution in [0.5, 0.6) is 5.75 Å². The molecular formula is C12H8Cl2N2O. The van der Waals surface area contributed by atoms with Crippen LogP contribution in [0.4, 0.5) is 0 Å². The van der Waals surface area contributed by atoms with E-state index in [1.165, 1.54) is 0 Å². The Bertz CT molecular complexity index is 580. The molecule has 0 saturated heterocycles. The van der Waals surface area contributed by atoms with Gasteiger partial charge >= 0.3 is 0 Å². The van der Waals surface area contributed by atoms with E-state index in [1.54, 1.807) is 24.4 Å². The number of ether oxygens (including phenoxy) is 1. The standard InChI is InChI=1S/C12H8Cl2N2O/c13-8(6-15)7-17-11-4-3-10(14)9-2-1-5-16-12(9)11/h1-5,8H,7H2. The SMILES string of the molecule is N#CC(Cl)COc1ccc(Cl)c2cccnc12. The number of rotatable bonds is 3. The summed E-state index contributed by atoms with van der Waals surface area (Å²) in [6.07, 6.45) is 1.66. The molecule has 1 aromatic carbocycles. The van der Waals surface area contributed by atoms with Crippen LogP contribution >= 0.6 is 23.2 Å². The van der Waals surface area contributed by atoms with Crippen molar-refractivity contribution in [1.82, 2.24) is 4.98 Å². The summed E-state index contributed by atoms with van der Waals surface area (Å²) in [6.45, 7) is 0.116. The lowest BCUT2D eigenvalue weighted by Gasteiger charge is -2.09. The van der Waals surface area contributed by atoms with Gasteiger partial charge in [0.15, 0.2) is 5.38 Å². The molecule has 0 spiro atoms. The Morgan fingerprint density at radius 2 is 2.24 bits per heavy atom. The molecule has 1 heterocycles. The highest BCUT2D eigenvalue weighted by Gasteiger charge is 2.09. The van der Waals surface area contributed by atoms with E-state index in [1.807, 2.05) is 12.1 Å². The number of hydrogen-bond donors (Lipinski definition) is 0. The van der Waals surface area contributed by atoms with Gasteiger partial charge in [-0.2, -0.15) is 5.26 Å². The highest BCUT2D eigenvalue weighted by Crippen LogP contribution is 2.29. The van der Waals surface area contributed by atoms with Gasteiger partial charge in [-0.3, -0.25) is 4.98 Å². The number of halogens is 2. The summed E-state index contributed by atoms with van der Waals surface area (Å²) in [6, 6.07) is 9.01. The predicted octanol–water partition coefficient (Wildman–Crippen LogP) is 3.40. The molecule has 1 atom stereocenters. The normalized spacial score (nSPS) is 12.1. The minimum atomic E-state index is -0.676. The van der Waals surface area contributed by atoms with Crippen molar-refractivity contribution in [2.45, 2.75) is 5.38 Å². The van der Waals surface area contributed by atoms with Gasteiger partial charge in [0.25, 0.3) is 0 Å². The minimum Gasteiger partial charge on any atom is -0.489 e. The van der Waals surface area contributed by atoms with E-state index in [-0.39, 0.29) is 6.61 Å². The number of nitriles is 1. The van der Waals surface area contributed by atoms with Gasteiger partial charge in [-0.15, -0.1) is 11.6 Å². The van der Waals surface area contributed by atoms with Gasteiger partial charge < -0.3 is 4.74 Å². The molecule has 86 valence electrons. The third-order valence-electron chi connectivity index (χ3n) is 2.20. The van der Waals surface area contributed by atoms with Gasteiger partial charge in [0, 0.05) is 11.6 Å². The summed E-state index contributed by atoms with van der Waals surface area (Å²) < 4.78 is 5.45. The summed E-state index contributed by atoms with van der Waals surface area (Å²) in [7, 11) is 0. The van der Waals surface area contributed by atoms with Gasteiger partial charge in [-0.05, 0) is 24.3 Å². The van der Waals surface area contributed by atoms with Crippen molar-refractivity contribution in [2.75, 3.05) is 6.61 Å². The predicted molar refractivity (Wildman–Crippen MR) is 67.5 cm³/mol. The maximum atomic E-state index is 8.57. The molecule has 3 nitrogen and oxygen atoms in total. The first kappa shape index (κ1) is 12.0. The second-order valence-electron chi connectivity index (χ2n) is 3.35. The number of pyridine rings is 1. The topological polar surface area (TPSA) is 45.9 Å². The fourth-order valence-electron chi connectivity index (χ4n) is 1.43. The zero-order valence-corrected chi connectivity index (χ0v) is 10.2. The molecule has 5 heteroatoms. The van der Waals surface area contributed by atoms with Gasteiger partial charge in [0.2, 0.25) is 0 Å². The first-order chi connectivity index (χ1) is 8.22. The van der Waals surface area contributed by atoms with E-state index in [0.717, 1.165) is 5.39 Å². The maximum absolute atomic E-state index is 8.57. The highest BCUT2D eigenvalue weighted by atomic mass is 35.5. The van der Waals surface area contributed by atoms with Crippen LogP contribution in [-0.4, -0.2) is 17.0 Å². The lowest BCUT2D eigenvalue weighted by Crippen LogP contribution is -2.09. The van der Waals surface area contributed by atoms with Gasteiger partial charge in [-0.25, -0.2) is 0 Å². The molecular weight excluding hydrogens is 259 g/mol. The first-order valence-corrected chi connectivity index (χ1v) is 5.73. The largest absolute Gasteiger partial charge is 0.489 e. The fraction of sp³-hybridized carbons (Fsp3) is 0.167. The van der Waals surface area contributed by atoms with Crippen LogP contribution in [0.2, 0.25) is 5.02 Å². The number of alkyl halides is 1. The maximum Gasteiger partial charge on any atom is 0.154 e. The highest BCUT2D eigenvalue weighted by molar-refractivity contribution is 6.35. The van der Waals surface area contributed by atoms with Gasteiger partial charge in [0.1, 0.15) is 17.9 Å². The van der Waals surface area contributed by atoms with Crippen molar-refractivity contribution in [3.8, 4) is 11.8 Å². The third kappa shape index (κ3) is 2.60. The monoisotopic (exact) mass is 266 g/mol. The van der Waals surface area contributed by atoms with Crippen LogP contribution < -0.4 is 4.74 Å². The molecule has 2 aromatic rings. The van der Waals surface area contributed by atoms with Crippen LogP contribution in [0.3, 0.4) is 0 Å². The van der Waals surface area contributed by atoms with E-state index < -0.39 is 5.38 Å². The number of hydrogen-bond acceptors (Lipinski definition) is 3. The molecule has 17 heavy (non-hydrogen) atoms. The molecule has 1 aromatic heterocycles. The van der Waals surface area contributed by atoms with Crippen molar-refractivity contribution in [3.63, 3.8) is 0 Å². The Morgan fingerprint density at radius 3 is 3.00 bits per heavy atom. The van der Waals surface area contributed by atoms with Gasteiger partial charge in [-0.1, -0.05) is 11.6 Å². The van der Waals surface area contributed by atoms with E-state index >= 15 is 0 Å². The Labute approximate surface area is 109 Å². The smallest absolute Gasteiger partial charge is 0.154 e. The van der Waals surface area contributed by atoms with Crippen LogP contribution in [0, 0.1) is 11.3 Å². The van der Waals surface area contributed by atoms with Crippen LogP contribution in [0.25, 0.3) is 10.9 Å². The Morgan fingerprint density at radius 1 is 1.41 bits per heavy atom. The third-order valence-corrected chi connectivity index (χ3v) is 2.76. The molecule has 0 aliphatic heterocycles. The van der Waals surface area contributed by atoms with Crippen molar-refractivity contribution >= 4 is 34.1 Å². The number of nitrogens with zero attached hydrogens (tertiary/aromatic N) is 2. The summed E-state index contributed by atoms with van der Waals surface area (Å²) in [4.78, 5) is 4.21. The van der Waals surface area contributed by atoms with Gasteiger partial charge in [0.05, 0.1) is 11.1 Å². The fourth-order valence-corrected chi connectivity index (χ4v) is 1.71. The summed E-state index contributed by atoms with van der Waals surface area (Å²) in [5, 5.41) is 9.32. The lowest BCUT2D eigenvalue weighted by atomic mass is 10.2. The summed E-state index contributed by atoms with van der Waals surface area (Å²) >= 11 is 11.7. The van der Waals surface area contributed by atoms with Crippen molar-refractivity contribution in [3.05, 3.63) is 35.5 Å². The lowest BCUT2D eigenvalue weighted by molar-refractivity contribution is 0.332. The van der Waals surface area contributed by atoms with Crippen LogP contribution in [0.1, 0.15) is 0 Å². The minimum absolute atomic E-state index is 0.116. The molecule has 0 fully saturated rings. The molecule has 0 radical (unpaired) electrons. The Balaban J connectivity index is 2.36.